The third-order valence-corrected chi connectivity index (χ3v) is 9.15. The van der Waals surface area contributed by atoms with Gasteiger partial charge in [0.05, 0.1) is 33.7 Å². The monoisotopic (exact) mass is 585 g/mol. The molecule has 3 heteroatoms. The van der Waals surface area contributed by atoms with Gasteiger partial charge in [-0.1, -0.05) is 91.0 Å². The van der Waals surface area contributed by atoms with Crippen molar-refractivity contribution < 1.29 is 0 Å². The predicted molar refractivity (Wildman–Crippen MR) is 191 cm³/mol. The summed E-state index contributed by atoms with van der Waals surface area (Å²) in [5.74, 6) is 0. The maximum Gasteiger partial charge on any atom is 0.0991 e. The fourth-order valence-electron chi connectivity index (χ4n) is 6.98. The van der Waals surface area contributed by atoms with Gasteiger partial charge in [0, 0.05) is 32.9 Å². The SMILES string of the molecule is N#Cc1ccc(-n2c3ccccc3c3ccc(-c4ccc5c(c4)c4cc(-c6ccccc6)ccc4n5-c4ccccc4)cc32)cc1. The zero-order chi connectivity index (χ0) is 30.6. The summed E-state index contributed by atoms with van der Waals surface area (Å²) < 4.78 is 4.68. The lowest BCUT2D eigenvalue weighted by Crippen LogP contribution is -1.94. The third kappa shape index (κ3) is 4.05. The average Bonchev–Trinajstić information content (AvgIpc) is 3.64. The van der Waals surface area contributed by atoms with E-state index in [0.29, 0.717) is 5.56 Å². The van der Waals surface area contributed by atoms with Crippen molar-refractivity contribution in [3.63, 3.8) is 0 Å². The molecule has 9 rings (SSSR count). The topological polar surface area (TPSA) is 33.6 Å². The van der Waals surface area contributed by atoms with E-state index in [0.717, 1.165) is 28.0 Å². The molecule has 7 aromatic carbocycles. The molecule has 0 saturated carbocycles. The summed E-state index contributed by atoms with van der Waals surface area (Å²) in [7, 11) is 0. The molecule has 9 aromatic rings. The highest BCUT2D eigenvalue weighted by molar-refractivity contribution is 6.13. The Kier molecular flexibility index (Phi) is 5.88. The molecule has 0 bridgehead atoms. The van der Waals surface area contributed by atoms with Gasteiger partial charge in [0.1, 0.15) is 0 Å². The molecule has 0 spiro atoms. The Balaban J connectivity index is 1.28. The molecule has 3 nitrogen and oxygen atoms in total. The fourth-order valence-corrected chi connectivity index (χ4v) is 6.98. The molecule has 0 aliphatic heterocycles. The first-order chi connectivity index (χ1) is 22.8. The highest BCUT2D eigenvalue weighted by Crippen LogP contribution is 2.39. The Morgan fingerprint density at radius 3 is 1.54 bits per heavy atom. The summed E-state index contributed by atoms with van der Waals surface area (Å²) in [4.78, 5) is 0. The van der Waals surface area contributed by atoms with Crippen LogP contribution >= 0.6 is 0 Å². The summed E-state index contributed by atoms with van der Waals surface area (Å²) in [6.45, 7) is 0. The lowest BCUT2D eigenvalue weighted by Gasteiger charge is -2.10. The number of para-hydroxylation sites is 2. The van der Waals surface area contributed by atoms with Crippen LogP contribution in [0, 0.1) is 11.3 Å². The van der Waals surface area contributed by atoms with Gasteiger partial charge in [-0.25, -0.2) is 0 Å². The van der Waals surface area contributed by atoms with Crippen LogP contribution in [0.1, 0.15) is 5.56 Å². The summed E-state index contributed by atoms with van der Waals surface area (Å²) in [5.41, 5.74) is 12.3. The normalized spacial score (nSPS) is 11.5. The van der Waals surface area contributed by atoms with Crippen molar-refractivity contribution in [1.29, 1.82) is 5.26 Å². The summed E-state index contributed by atoms with van der Waals surface area (Å²) in [5, 5.41) is 14.3. The van der Waals surface area contributed by atoms with Crippen LogP contribution in [0.2, 0.25) is 0 Å². The van der Waals surface area contributed by atoms with Gasteiger partial charge in [0.15, 0.2) is 0 Å². The smallest absolute Gasteiger partial charge is 0.0991 e. The van der Waals surface area contributed by atoms with E-state index in [9.17, 15) is 5.26 Å². The predicted octanol–water partition coefficient (Wildman–Crippen LogP) is 11.1. The van der Waals surface area contributed by atoms with Crippen LogP contribution < -0.4 is 0 Å². The average molecular weight is 586 g/mol. The highest BCUT2D eigenvalue weighted by atomic mass is 15.0. The van der Waals surface area contributed by atoms with Crippen LogP contribution in [-0.2, 0) is 0 Å². The van der Waals surface area contributed by atoms with Crippen molar-refractivity contribution in [3.05, 3.63) is 169 Å². The second kappa shape index (κ2) is 10.4. The van der Waals surface area contributed by atoms with Crippen molar-refractivity contribution in [2.24, 2.45) is 0 Å². The molecule has 0 aliphatic carbocycles. The van der Waals surface area contributed by atoms with E-state index in [1.807, 2.05) is 24.3 Å². The van der Waals surface area contributed by atoms with E-state index in [4.69, 9.17) is 0 Å². The van der Waals surface area contributed by atoms with E-state index >= 15 is 0 Å². The Bertz CT molecular complexity index is 2620. The number of hydrogen-bond donors (Lipinski definition) is 0. The minimum absolute atomic E-state index is 0.656. The molecule has 214 valence electrons. The molecule has 0 radical (unpaired) electrons. The Morgan fingerprint density at radius 1 is 0.348 bits per heavy atom. The zero-order valence-electron chi connectivity index (χ0n) is 24.9. The lowest BCUT2D eigenvalue weighted by molar-refractivity contribution is 1.18. The maximum absolute atomic E-state index is 9.39. The first kappa shape index (κ1) is 26.1. The van der Waals surface area contributed by atoms with Gasteiger partial charge < -0.3 is 9.13 Å². The second-order valence-corrected chi connectivity index (χ2v) is 11.7. The van der Waals surface area contributed by atoms with Crippen molar-refractivity contribution in [1.82, 2.24) is 9.13 Å². The minimum atomic E-state index is 0.656. The van der Waals surface area contributed by atoms with Crippen LogP contribution in [0.25, 0.3) is 77.2 Å². The lowest BCUT2D eigenvalue weighted by atomic mass is 9.99. The number of rotatable bonds is 4. The van der Waals surface area contributed by atoms with Gasteiger partial charge in [0.2, 0.25) is 0 Å². The summed E-state index contributed by atoms with van der Waals surface area (Å²) >= 11 is 0. The fraction of sp³-hybridized carbons (Fsp3) is 0. The first-order valence-corrected chi connectivity index (χ1v) is 15.5. The molecule has 46 heavy (non-hydrogen) atoms. The van der Waals surface area contributed by atoms with Gasteiger partial charge in [-0.3, -0.25) is 0 Å². The number of fused-ring (bicyclic) bond motifs is 6. The van der Waals surface area contributed by atoms with Crippen LogP contribution in [0.4, 0.5) is 0 Å². The van der Waals surface area contributed by atoms with Crippen molar-refractivity contribution >= 4 is 43.6 Å². The van der Waals surface area contributed by atoms with Gasteiger partial charge in [-0.05, 0) is 95.1 Å². The standard InChI is InChI=1S/C43H27N3/c44-28-29-15-20-35(21-16-29)46-40-14-8-7-13-36(40)37-22-17-33(27-43(37)46)32-19-24-42-39(26-32)38-25-31(30-9-3-1-4-10-30)18-23-41(38)45(42)34-11-5-2-6-12-34/h1-27H. The largest absolute Gasteiger partial charge is 0.309 e. The summed E-state index contributed by atoms with van der Waals surface area (Å²) in [6.07, 6.45) is 0. The van der Waals surface area contributed by atoms with Crippen LogP contribution in [0.3, 0.4) is 0 Å². The van der Waals surface area contributed by atoms with Crippen molar-refractivity contribution in [2.75, 3.05) is 0 Å². The van der Waals surface area contributed by atoms with E-state index < -0.39 is 0 Å². The van der Waals surface area contributed by atoms with Gasteiger partial charge >= 0.3 is 0 Å². The number of benzene rings is 7. The van der Waals surface area contributed by atoms with Gasteiger partial charge in [-0.2, -0.15) is 5.26 Å². The number of nitrogens with zero attached hydrogens (tertiary/aromatic N) is 3. The molecule has 0 aliphatic rings. The molecular formula is C43H27N3. The molecular weight excluding hydrogens is 558 g/mol. The Hall–Kier alpha value is -6.37. The molecule has 0 atom stereocenters. The number of nitriles is 1. The summed E-state index contributed by atoms with van der Waals surface area (Å²) in [6, 6.07) is 60.3. The van der Waals surface area contributed by atoms with E-state index in [2.05, 4.69) is 155 Å². The number of aromatic nitrogens is 2. The van der Waals surface area contributed by atoms with Crippen LogP contribution in [0.5, 0.6) is 0 Å². The quantitative estimate of drug-likeness (QED) is 0.202. The van der Waals surface area contributed by atoms with Crippen LogP contribution in [0.15, 0.2) is 164 Å². The third-order valence-electron chi connectivity index (χ3n) is 9.15. The molecule has 2 aromatic heterocycles. The molecule has 0 fully saturated rings. The molecule has 0 N–H and O–H groups in total. The highest BCUT2D eigenvalue weighted by Gasteiger charge is 2.17. The molecule has 0 unspecified atom stereocenters. The van der Waals surface area contributed by atoms with Crippen molar-refractivity contribution in [3.8, 4) is 39.7 Å². The van der Waals surface area contributed by atoms with E-state index in [1.54, 1.807) is 0 Å². The minimum Gasteiger partial charge on any atom is -0.309 e. The van der Waals surface area contributed by atoms with Crippen molar-refractivity contribution in [2.45, 2.75) is 0 Å². The first-order valence-electron chi connectivity index (χ1n) is 15.5. The number of hydrogen-bond acceptors (Lipinski definition) is 1. The second-order valence-electron chi connectivity index (χ2n) is 11.7. The molecule has 0 amide bonds. The Morgan fingerprint density at radius 2 is 0.848 bits per heavy atom. The molecule has 0 saturated heterocycles. The van der Waals surface area contributed by atoms with Gasteiger partial charge in [-0.15, -0.1) is 0 Å². The Labute approximate surface area is 266 Å². The van der Waals surface area contributed by atoms with Crippen LogP contribution in [-0.4, -0.2) is 9.13 Å². The van der Waals surface area contributed by atoms with E-state index in [1.165, 1.54) is 49.3 Å². The van der Waals surface area contributed by atoms with E-state index in [-0.39, 0.29) is 0 Å². The zero-order valence-corrected chi connectivity index (χ0v) is 24.9. The van der Waals surface area contributed by atoms with Gasteiger partial charge in [0.25, 0.3) is 0 Å². The molecule has 2 heterocycles. The maximum atomic E-state index is 9.39.